The molecule has 0 saturated heterocycles. The van der Waals surface area contributed by atoms with E-state index in [-0.39, 0.29) is 19.1 Å². The fraction of sp³-hybridized carbons (Fsp3) is 0.385. The third-order valence-electron chi connectivity index (χ3n) is 2.95. The topological polar surface area (TPSA) is 105 Å². The Balaban J connectivity index is 1.79. The number of urea groups is 1. The highest BCUT2D eigenvalue weighted by Crippen LogP contribution is 2.07. The van der Waals surface area contributed by atoms with Gasteiger partial charge in [-0.25, -0.2) is 22.9 Å². The molecule has 120 valence electrons. The second-order valence-electron chi connectivity index (χ2n) is 4.90. The Bertz CT molecular complexity index is 769. The van der Waals surface area contributed by atoms with E-state index in [9.17, 15) is 13.2 Å². The van der Waals surface area contributed by atoms with Crippen molar-refractivity contribution in [2.75, 3.05) is 19.3 Å². The molecular formula is C13H19N5O3S. The standard InChI is InChI=1S/C13H19N5O3S/c1-10-4-3-5-12-17-11(9-18(10)12)8-15-13(19)14-6-7-16-22(2,20)21/h3-5,9,16H,6-8H2,1-2H3,(H2,14,15,19). The smallest absolute Gasteiger partial charge is 0.315 e. The first-order valence-electron chi connectivity index (χ1n) is 6.75. The van der Waals surface area contributed by atoms with Gasteiger partial charge in [-0.2, -0.15) is 0 Å². The minimum atomic E-state index is -3.23. The van der Waals surface area contributed by atoms with Gasteiger partial charge in [-0.05, 0) is 19.1 Å². The van der Waals surface area contributed by atoms with Crippen molar-refractivity contribution in [3.05, 3.63) is 35.8 Å². The number of hydrogen-bond donors (Lipinski definition) is 3. The van der Waals surface area contributed by atoms with Gasteiger partial charge in [0.25, 0.3) is 0 Å². The molecule has 22 heavy (non-hydrogen) atoms. The molecule has 2 aromatic heterocycles. The summed E-state index contributed by atoms with van der Waals surface area (Å²) in [6.07, 6.45) is 2.94. The molecule has 0 aliphatic rings. The summed E-state index contributed by atoms with van der Waals surface area (Å²) in [6, 6.07) is 5.43. The number of sulfonamides is 1. The van der Waals surface area contributed by atoms with Gasteiger partial charge in [-0.3, -0.25) is 0 Å². The lowest BCUT2D eigenvalue weighted by molar-refractivity contribution is 0.240. The second kappa shape index (κ2) is 6.75. The molecule has 2 amide bonds. The highest BCUT2D eigenvalue weighted by Gasteiger charge is 2.05. The van der Waals surface area contributed by atoms with Gasteiger partial charge in [0.2, 0.25) is 10.0 Å². The number of aromatic nitrogens is 2. The van der Waals surface area contributed by atoms with Crippen LogP contribution < -0.4 is 15.4 Å². The maximum atomic E-state index is 11.6. The van der Waals surface area contributed by atoms with Gasteiger partial charge in [-0.15, -0.1) is 0 Å². The number of nitrogens with zero attached hydrogens (tertiary/aromatic N) is 2. The molecule has 0 unspecified atom stereocenters. The van der Waals surface area contributed by atoms with Crippen LogP contribution in [0.25, 0.3) is 5.65 Å². The Labute approximate surface area is 129 Å². The van der Waals surface area contributed by atoms with Gasteiger partial charge in [0, 0.05) is 25.0 Å². The summed E-state index contributed by atoms with van der Waals surface area (Å²) in [7, 11) is -3.23. The molecular weight excluding hydrogens is 306 g/mol. The highest BCUT2D eigenvalue weighted by atomic mass is 32.2. The number of nitrogens with one attached hydrogen (secondary N) is 3. The van der Waals surface area contributed by atoms with E-state index in [1.54, 1.807) is 0 Å². The Hall–Kier alpha value is -2.13. The van der Waals surface area contributed by atoms with E-state index in [2.05, 4.69) is 20.3 Å². The number of imidazole rings is 1. The van der Waals surface area contributed by atoms with Crippen LogP contribution in [0, 0.1) is 6.92 Å². The van der Waals surface area contributed by atoms with E-state index in [1.165, 1.54) is 0 Å². The molecule has 8 nitrogen and oxygen atoms in total. The zero-order valence-corrected chi connectivity index (χ0v) is 13.3. The van der Waals surface area contributed by atoms with Crippen LogP contribution in [-0.2, 0) is 16.6 Å². The SMILES string of the molecule is Cc1cccc2nc(CNC(=O)NCCNS(C)(=O)=O)cn12. The molecule has 0 saturated carbocycles. The molecule has 0 aromatic carbocycles. The van der Waals surface area contributed by atoms with Gasteiger partial charge in [0.1, 0.15) is 5.65 Å². The van der Waals surface area contributed by atoms with E-state index in [0.717, 1.165) is 23.3 Å². The summed E-state index contributed by atoms with van der Waals surface area (Å²) in [6.45, 7) is 2.64. The molecule has 0 spiro atoms. The van der Waals surface area contributed by atoms with Crippen LogP contribution >= 0.6 is 0 Å². The fourth-order valence-corrected chi connectivity index (χ4v) is 2.40. The number of pyridine rings is 1. The lowest BCUT2D eigenvalue weighted by Gasteiger charge is -2.06. The molecule has 2 aromatic rings. The molecule has 3 N–H and O–H groups in total. The molecule has 0 aliphatic carbocycles. The fourth-order valence-electron chi connectivity index (χ4n) is 1.93. The van der Waals surface area contributed by atoms with Gasteiger partial charge >= 0.3 is 6.03 Å². The van der Waals surface area contributed by atoms with Crippen LogP contribution in [0.5, 0.6) is 0 Å². The van der Waals surface area contributed by atoms with Crippen molar-refractivity contribution in [1.82, 2.24) is 24.7 Å². The van der Waals surface area contributed by atoms with Gasteiger partial charge in [-0.1, -0.05) is 6.07 Å². The molecule has 0 fully saturated rings. The molecule has 2 rings (SSSR count). The number of fused-ring (bicyclic) bond motifs is 1. The minimum absolute atomic E-state index is 0.153. The van der Waals surface area contributed by atoms with E-state index in [0.29, 0.717) is 6.54 Å². The van der Waals surface area contributed by atoms with E-state index in [1.807, 2.05) is 35.7 Å². The number of rotatable bonds is 6. The monoisotopic (exact) mass is 325 g/mol. The number of carbonyl (C=O) groups is 1. The Morgan fingerprint density at radius 2 is 2.05 bits per heavy atom. The maximum absolute atomic E-state index is 11.6. The third kappa shape index (κ3) is 4.71. The van der Waals surface area contributed by atoms with Crippen molar-refractivity contribution in [1.29, 1.82) is 0 Å². The second-order valence-corrected chi connectivity index (χ2v) is 6.74. The average molecular weight is 325 g/mol. The molecule has 0 radical (unpaired) electrons. The Kier molecular flexibility index (Phi) is 4.99. The Morgan fingerprint density at radius 1 is 1.27 bits per heavy atom. The quantitative estimate of drug-likeness (QED) is 0.650. The third-order valence-corrected chi connectivity index (χ3v) is 3.68. The van der Waals surface area contributed by atoms with Crippen LogP contribution in [0.4, 0.5) is 4.79 Å². The number of carbonyl (C=O) groups excluding carboxylic acids is 1. The van der Waals surface area contributed by atoms with E-state index < -0.39 is 10.0 Å². The lowest BCUT2D eigenvalue weighted by Crippen LogP contribution is -2.39. The summed E-state index contributed by atoms with van der Waals surface area (Å²) >= 11 is 0. The van der Waals surface area contributed by atoms with Gasteiger partial charge in [0.05, 0.1) is 18.5 Å². The number of hydrogen-bond acceptors (Lipinski definition) is 4. The van der Waals surface area contributed by atoms with Crippen LogP contribution in [0.2, 0.25) is 0 Å². The highest BCUT2D eigenvalue weighted by molar-refractivity contribution is 7.88. The largest absolute Gasteiger partial charge is 0.337 e. The first-order chi connectivity index (χ1) is 10.3. The van der Waals surface area contributed by atoms with Crippen molar-refractivity contribution < 1.29 is 13.2 Å². The summed E-state index contributed by atoms with van der Waals surface area (Å²) in [4.78, 5) is 16.0. The summed E-state index contributed by atoms with van der Waals surface area (Å²) in [5.74, 6) is 0. The van der Waals surface area contributed by atoms with Crippen LogP contribution in [0.15, 0.2) is 24.4 Å². The normalized spacial score (nSPS) is 11.5. The van der Waals surface area contributed by atoms with Crippen molar-refractivity contribution in [3.8, 4) is 0 Å². The molecule has 0 aliphatic heterocycles. The maximum Gasteiger partial charge on any atom is 0.315 e. The zero-order chi connectivity index (χ0) is 16.2. The first-order valence-corrected chi connectivity index (χ1v) is 8.64. The molecule has 0 atom stereocenters. The van der Waals surface area contributed by atoms with Crippen LogP contribution in [0.3, 0.4) is 0 Å². The van der Waals surface area contributed by atoms with Crippen molar-refractivity contribution in [2.45, 2.75) is 13.5 Å². The number of amides is 2. The van der Waals surface area contributed by atoms with E-state index in [4.69, 9.17) is 0 Å². The van der Waals surface area contributed by atoms with Gasteiger partial charge < -0.3 is 15.0 Å². The molecule has 0 bridgehead atoms. The van der Waals surface area contributed by atoms with E-state index >= 15 is 0 Å². The number of aryl methyl sites for hydroxylation is 1. The average Bonchev–Trinajstić information content (AvgIpc) is 2.85. The van der Waals surface area contributed by atoms with Gasteiger partial charge in [0.15, 0.2) is 0 Å². The lowest BCUT2D eigenvalue weighted by atomic mass is 10.4. The Morgan fingerprint density at radius 3 is 2.73 bits per heavy atom. The van der Waals surface area contributed by atoms with Crippen molar-refractivity contribution >= 4 is 21.7 Å². The van der Waals surface area contributed by atoms with Crippen molar-refractivity contribution in [2.24, 2.45) is 0 Å². The predicted octanol–water partition coefficient (Wildman–Crippen LogP) is -0.00888. The zero-order valence-electron chi connectivity index (χ0n) is 12.5. The summed E-state index contributed by atoms with van der Waals surface area (Å²) < 4.78 is 25.9. The summed E-state index contributed by atoms with van der Waals surface area (Å²) in [5, 5.41) is 5.23. The minimum Gasteiger partial charge on any atom is -0.337 e. The summed E-state index contributed by atoms with van der Waals surface area (Å²) in [5.41, 5.74) is 2.64. The van der Waals surface area contributed by atoms with Crippen LogP contribution in [-0.4, -0.2) is 43.2 Å². The van der Waals surface area contributed by atoms with Crippen molar-refractivity contribution in [3.63, 3.8) is 0 Å². The molecule has 2 heterocycles. The van der Waals surface area contributed by atoms with Crippen LogP contribution in [0.1, 0.15) is 11.4 Å². The molecule has 9 heteroatoms. The first kappa shape index (κ1) is 16.2. The predicted molar refractivity (Wildman–Crippen MR) is 83.0 cm³/mol.